The van der Waals surface area contributed by atoms with Crippen molar-refractivity contribution in [3.8, 4) is 28.6 Å². The molecule has 0 saturated heterocycles. The van der Waals surface area contributed by atoms with Crippen LogP contribution in [0.3, 0.4) is 0 Å². The van der Waals surface area contributed by atoms with Gasteiger partial charge in [0, 0.05) is 43.7 Å². The summed E-state index contributed by atoms with van der Waals surface area (Å²) in [7, 11) is 0. The summed E-state index contributed by atoms with van der Waals surface area (Å²) in [5.74, 6) is 0. The lowest BCUT2D eigenvalue weighted by atomic mass is 9.99. The molecule has 7 aromatic carbocycles. The van der Waals surface area contributed by atoms with Crippen molar-refractivity contribution in [3.05, 3.63) is 157 Å². The molecule has 0 atom stereocenters. The number of para-hydroxylation sites is 4. The summed E-state index contributed by atoms with van der Waals surface area (Å²) in [5, 5.41) is 17.4. The van der Waals surface area contributed by atoms with E-state index in [0.717, 1.165) is 66.2 Å². The summed E-state index contributed by atoms with van der Waals surface area (Å²) in [6.45, 7) is 0. The molecule has 0 aliphatic carbocycles. The second-order valence-electron chi connectivity index (χ2n) is 12.0. The van der Waals surface area contributed by atoms with Gasteiger partial charge in [0.05, 0.1) is 33.7 Å². The smallest absolute Gasteiger partial charge is 0.160 e. The van der Waals surface area contributed by atoms with Crippen molar-refractivity contribution in [1.82, 2.24) is 9.13 Å². The normalized spacial score (nSPS) is 11.8. The zero-order valence-corrected chi connectivity index (χ0v) is 25.2. The molecule has 4 nitrogen and oxygen atoms in total. The van der Waals surface area contributed by atoms with Gasteiger partial charge in [-0.05, 0) is 65.7 Å². The van der Waals surface area contributed by atoms with Crippen LogP contribution in [0.25, 0.3) is 88.1 Å². The molecule has 10 rings (SSSR count). The predicted octanol–water partition coefficient (Wildman–Crippen LogP) is 11.3. The van der Waals surface area contributed by atoms with E-state index in [9.17, 15) is 5.26 Å². The van der Waals surface area contributed by atoms with E-state index in [1.807, 2.05) is 24.3 Å². The lowest BCUT2D eigenvalue weighted by Gasteiger charge is -2.13. The Morgan fingerprint density at radius 1 is 0.468 bits per heavy atom. The van der Waals surface area contributed by atoms with Crippen LogP contribution in [0.4, 0.5) is 0 Å². The first-order valence-corrected chi connectivity index (χ1v) is 15.8. The first kappa shape index (κ1) is 25.7. The third-order valence-corrected chi connectivity index (χ3v) is 9.58. The van der Waals surface area contributed by atoms with Crippen molar-refractivity contribution >= 4 is 65.6 Å². The molecule has 4 heteroatoms. The third kappa shape index (κ3) is 3.63. The van der Waals surface area contributed by atoms with Crippen LogP contribution in [0, 0.1) is 11.3 Å². The minimum Gasteiger partial charge on any atom is -0.454 e. The number of hydrogen-bond donors (Lipinski definition) is 0. The zero-order chi connectivity index (χ0) is 31.1. The van der Waals surface area contributed by atoms with Gasteiger partial charge in [0.1, 0.15) is 5.58 Å². The quantitative estimate of drug-likeness (QED) is 0.203. The third-order valence-electron chi connectivity index (χ3n) is 9.58. The van der Waals surface area contributed by atoms with Crippen molar-refractivity contribution in [2.75, 3.05) is 0 Å². The van der Waals surface area contributed by atoms with Crippen LogP contribution >= 0.6 is 0 Å². The van der Waals surface area contributed by atoms with Crippen LogP contribution in [0.15, 0.2) is 156 Å². The topological polar surface area (TPSA) is 46.8 Å². The van der Waals surface area contributed by atoms with Gasteiger partial charge in [-0.2, -0.15) is 5.26 Å². The van der Waals surface area contributed by atoms with Crippen molar-refractivity contribution in [1.29, 1.82) is 5.26 Å². The summed E-state index contributed by atoms with van der Waals surface area (Å²) < 4.78 is 11.1. The predicted molar refractivity (Wildman–Crippen MR) is 193 cm³/mol. The van der Waals surface area contributed by atoms with E-state index >= 15 is 0 Å². The fraction of sp³-hybridized carbons (Fsp3) is 0. The molecule has 10 aromatic rings. The SMILES string of the molecule is N#Cc1cc(-n2c3ccccc3c3ccc4c5ccccc5oc4c32)ccc1-c1ccc(-n2c3ccccc3c3ccccc32)cc1. The fourth-order valence-electron chi connectivity index (χ4n) is 7.51. The molecule has 0 spiro atoms. The molecule has 0 N–H and O–H groups in total. The van der Waals surface area contributed by atoms with Crippen molar-refractivity contribution in [2.45, 2.75) is 0 Å². The second-order valence-corrected chi connectivity index (χ2v) is 12.0. The molecular formula is C43H25N3O. The average Bonchev–Trinajstić information content (AvgIpc) is 3.79. The van der Waals surface area contributed by atoms with Gasteiger partial charge in [0.25, 0.3) is 0 Å². The molecule has 0 saturated carbocycles. The summed E-state index contributed by atoms with van der Waals surface area (Å²) >= 11 is 0. The van der Waals surface area contributed by atoms with Gasteiger partial charge in [-0.25, -0.2) is 0 Å². The van der Waals surface area contributed by atoms with E-state index in [-0.39, 0.29) is 0 Å². The zero-order valence-electron chi connectivity index (χ0n) is 25.2. The Labute approximate surface area is 269 Å². The van der Waals surface area contributed by atoms with Gasteiger partial charge < -0.3 is 13.6 Å². The highest BCUT2D eigenvalue weighted by atomic mass is 16.3. The molecule has 0 fully saturated rings. The number of aromatic nitrogens is 2. The Morgan fingerprint density at radius 2 is 1.02 bits per heavy atom. The van der Waals surface area contributed by atoms with Crippen molar-refractivity contribution in [2.24, 2.45) is 0 Å². The molecule has 0 radical (unpaired) electrons. The number of benzene rings is 7. The fourth-order valence-corrected chi connectivity index (χ4v) is 7.51. The summed E-state index contributed by atoms with van der Waals surface area (Å²) in [6.07, 6.45) is 0. The molecule has 0 bridgehead atoms. The molecule has 0 aliphatic heterocycles. The molecule has 218 valence electrons. The maximum Gasteiger partial charge on any atom is 0.160 e. The Kier molecular flexibility index (Phi) is 5.32. The standard InChI is InChI=1S/C43H25N3O/c44-26-28-25-30(46-40-15-7-3-11-34(40)36-23-24-37-35-12-4-8-16-41(35)47-43(37)42(36)46)21-22-31(28)27-17-19-29(20-18-27)45-38-13-5-1-9-32(38)33-10-2-6-14-39(33)45/h1-25H. The highest BCUT2D eigenvalue weighted by Crippen LogP contribution is 2.41. The van der Waals surface area contributed by atoms with E-state index in [4.69, 9.17) is 4.42 Å². The summed E-state index contributed by atoms with van der Waals surface area (Å²) in [6, 6.07) is 55.2. The van der Waals surface area contributed by atoms with Gasteiger partial charge in [0.2, 0.25) is 0 Å². The molecule has 3 aromatic heterocycles. The Balaban J connectivity index is 1.14. The van der Waals surface area contributed by atoms with Crippen LogP contribution < -0.4 is 0 Å². The van der Waals surface area contributed by atoms with Gasteiger partial charge >= 0.3 is 0 Å². The van der Waals surface area contributed by atoms with Crippen LogP contribution in [0.1, 0.15) is 5.56 Å². The van der Waals surface area contributed by atoms with Gasteiger partial charge in [-0.1, -0.05) is 97.1 Å². The van der Waals surface area contributed by atoms with Crippen molar-refractivity contribution < 1.29 is 4.42 Å². The molecular weight excluding hydrogens is 574 g/mol. The number of rotatable bonds is 3. The van der Waals surface area contributed by atoms with Crippen LogP contribution in [-0.2, 0) is 0 Å². The van der Waals surface area contributed by atoms with E-state index in [2.05, 4.69) is 143 Å². The van der Waals surface area contributed by atoms with E-state index in [1.165, 1.54) is 21.8 Å². The van der Waals surface area contributed by atoms with Crippen LogP contribution in [0.5, 0.6) is 0 Å². The molecule has 0 aliphatic rings. The molecule has 3 heterocycles. The van der Waals surface area contributed by atoms with Gasteiger partial charge in [0.15, 0.2) is 5.58 Å². The second kappa shape index (κ2) is 9.71. The lowest BCUT2D eigenvalue weighted by molar-refractivity contribution is 0.671. The highest BCUT2D eigenvalue weighted by molar-refractivity contribution is 6.21. The largest absolute Gasteiger partial charge is 0.454 e. The van der Waals surface area contributed by atoms with E-state index < -0.39 is 0 Å². The maximum absolute atomic E-state index is 10.5. The number of hydrogen-bond acceptors (Lipinski definition) is 2. The summed E-state index contributed by atoms with van der Waals surface area (Å²) in [4.78, 5) is 0. The molecule has 0 amide bonds. The molecule has 0 unspecified atom stereocenters. The number of fused-ring (bicyclic) bond motifs is 10. The van der Waals surface area contributed by atoms with Gasteiger partial charge in [-0.15, -0.1) is 0 Å². The Hall–Kier alpha value is -6.57. The minimum atomic E-state index is 0.620. The van der Waals surface area contributed by atoms with Gasteiger partial charge in [-0.3, -0.25) is 0 Å². The maximum atomic E-state index is 10.5. The average molecular weight is 600 g/mol. The highest BCUT2D eigenvalue weighted by Gasteiger charge is 2.20. The van der Waals surface area contributed by atoms with Crippen LogP contribution in [-0.4, -0.2) is 9.13 Å². The minimum absolute atomic E-state index is 0.620. The van der Waals surface area contributed by atoms with Crippen LogP contribution in [0.2, 0.25) is 0 Å². The van der Waals surface area contributed by atoms with E-state index in [0.29, 0.717) is 5.56 Å². The lowest BCUT2D eigenvalue weighted by Crippen LogP contribution is -1.97. The summed E-state index contributed by atoms with van der Waals surface area (Å²) in [5.41, 5.74) is 10.7. The first-order chi connectivity index (χ1) is 23.3. The Bertz CT molecular complexity index is 2860. The van der Waals surface area contributed by atoms with E-state index in [1.54, 1.807) is 0 Å². The van der Waals surface area contributed by atoms with Crippen molar-refractivity contribution in [3.63, 3.8) is 0 Å². The first-order valence-electron chi connectivity index (χ1n) is 15.8. The number of nitriles is 1. The number of nitrogens with zero attached hydrogens (tertiary/aromatic N) is 3. The molecule has 47 heavy (non-hydrogen) atoms. The Morgan fingerprint density at radius 3 is 1.70 bits per heavy atom. The number of furan rings is 1. The monoisotopic (exact) mass is 599 g/mol.